The van der Waals surface area contributed by atoms with Crippen molar-refractivity contribution < 1.29 is 28.1 Å². The first-order chi connectivity index (χ1) is 18.6. The van der Waals surface area contributed by atoms with Crippen LogP contribution in [0.3, 0.4) is 0 Å². The minimum Gasteiger partial charge on any atom is -0.497 e. The zero-order valence-corrected chi connectivity index (χ0v) is 23.4. The number of halogens is 2. The van der Waals surface area contributed by atoms with Crippen LogP contribution in [-0.4, -0.2) is 51.2 Å². The van der Waals surface area contributed by atoms with E-state index in [0.717, 1.165) is 37.4 Å². The molecule has 0 saturated heterocycles. The maximum atomic E-state index is 14.1. The third-order valence-electron chi connectivity index (χ3n) is 7.96. The highest BCUT2D eigenvalue weighted by atomic mass is 35.5. The number of carboxylic acid groups (broad SMARTS) is 1. The second-order valence-corrected chi connectivity index (χ2v) is 12.6. The van der Waals surface area contributed by atoms with E-state index in [4.69, 9.17) is 16.3 Å². The lowest BCUT2D eigenvalue weighted by Crippen LogP contribution is -2.45. The molecule has 1 aliphatic carbocycles. The van der Waals surface area contributed by atoms with Crippen molar-refractivity contribution in [1.29, 1.82) is 0 Å². The second kappa shape index (κ2) is 11.0. The van der Waals surface area contributed by atoms with Gasteiger partial charge in [-0.25, -0.2) is 9.18 Å². The number of rotatable bonds is 5. The molecule has 1 aliphatic heterocycles. The monoisotopic (exact) mass is 574 g/mol. The Morgan fingerprint density at radius 3 is 2.38 bits per heavy atom. The van der Waals surface area contributed by atoms with Crippen molar-refractivity contribution in [3.8, 4) is 16.9 Å². The van der Waals surface area contributed by atoms with Crippen LogP contribution < -0.4 is 9.64 Å². The van der Waals surface area contributed by atoms with Gasteiger partial charge in [-0.2, -0.15) is 4.31 Å². The molecule has 208 valence electrons. The molecule has 10 heteroatoms. The summed E-state index contributed by atoms with van der Waals surface area (Å²) in [5, 5.41) is 9.71. The fourth-order valence-electron chi connectivity index (χ4n) is 5.77. The van der Waals surface area contributed by atoms with Crippen molar-refractivity contribution >= 4 is 39.7 Å². The SMILES string of the molecule is COc1ccc(N2CC(C3CCCCC3)N(C)S(O)(O)c3cc(-c4ccc(F)c(C(=O)O)c4)c(Cl)cc32)cc1. The van der Waals surface area contributed by atoms with Crippen LogP contribution in [0.5, 0.6) is 5.75 Å². The highest BCUT2D eigenvalue weighted by molar-refractivity contribution is 8.22. The van der Waals surface area contributed by atoms with E-state index < -0.39 is 28.1 Å². The van der Waals surface area contributed by atoms with E-state index in [0.29, 0.717) is 29.1 Å². The molecular formula is C29H32ClFN2O5S. The highest BCUT2D eigenvalue weighted by Crippen LogP contribution is 2.60. The number of nitrogens with zero attached hydrogens (tertiary/aromatic N) is 2. The summed E-state index contributed by atoms with van der Waals surface area (Å²) in [4.78, 5) is 13.9. The molecule has 5 rings (SSSR count). The third-order valence-corrected chi connectivity index (χ3v) is 10.3. The van der Waals surface area contributed by atoms with Crippen LogP contribution in [0.2, 0.25) is 5.02 Å². The third kappa shape index (κ3) is 5.21. The van der Waals surface area contributed by atoms with Crippen molar-refractivity contribution in [3.63, 3.8) is 0 Å². The first-order valence-corrected chi connectivity index (χ1v) is 14.8. The fraction of sp³-hybridized carbons (Fsp3) is 0.345. The number of fused-ring (bicyclic) bond motifs is 1. The number of methoxy groups -OCH3 is 1. The number of benzene rings is 3. The Labute approximate surface area is 234 Å². The van der Waals surface area contributed by atoms with Crippen LogP contribution in [0.15, 0.2) is 59.5 Å². The molecule has 2 aliphatic rings. The van der Waals surface area contributed by atoms with E-state index in [1.165, 1.54) is 18.6 Å². The Hall–Kier alpha value is -2.82. The smallest absolute Gasteiger partial charge is 0.338 e. The van der Waals surface area contributed by atoms with Gasteiger partial charge in [0.2, 0.25) is 0 Å². The van der Waals surface area contributed by atoms with Gasteiger partial charge >= 0.3 is 5.97 Å². The van der Waals surface area contributed by atoms with Crippen LogP contribution in [-0.2, 0) is 0 Å². The number of ether oxygens (including phenoxy) is 1. The Morgan fingerprint density at radius 2 is 1.74 bits per heavy atom. The summed E-state index contributed by atoms with van der Waals surface area (Å²) >= 11 is 6.78. The van der Waals surface area contributed by atoms with Gasteiger partial charge in [0, 0.05) is 30.9 Å². The maximum Gasteiger partial charge on any atom is 0.338 e. The number of hydrogen-bond donors (Lipinski definition) is 3. The number of anilines is 2. The number of carboxylic acids is 1. The first kappa shape index (κ1) is 27.7. The quantitative estimate of drug-likeness (QED) is 0.285. The van der Waals surface area contributed by atoms with Crippen molar-refractivity contribution in [1.82, 2.24) is 4.31 Å². The van der Waals surface area contributed by atoms with E-state index in [1.54, 1.807) is 30.6 Å². The van der Waals surface area contributed by atoms with Crippen molar-refractivity contribution in [2.24, 2.45) is 5.92 Å². The zero-order chi connectivity index (χ0) is 27.9. The summed E-state index contributed by atoms with van der Waals surface area (Å²) in [5.74, 6) is -1.26. The van der Waals surface area contributed by atoms with E-state index >= 15 is 0 Å². The Kier molecular flexibility index (Phi) is 7.81. The Bertz CT molecular complexity index is 1380. The summed E-state index contributed by atoms with van der Waals surface area (Å²) in [6, 6.07) is 14.4. The Balaban J connectivity index is 1.69. The molecule has 0 spiro atoms. The minimum atomic E-state index is -3.47. The Morgan fingerprint density at radius 1 is 1.05 bits per heavy atom. The van der Waals surface area contributed by atoms with E-state index in [-0.39, 0.29) is 21.9 Å². The molecule has 1 atom stereocenters. The van der Waals surface area contributed by atoms with Crippen LogP contribution in [0.1, 0.15) is 42.5 Å². The molecule has 0 aromatic heterocycles. The molecule has 0 amide bonds. The summed E-state index contributed by atoms with van der Waals surface area (Å²) in [6.45, 7) is 0.520. The van der Waals surface area contributed by atoms with Gasteiger partial charge in [-0.05, 0) is 72.9 Å². The molecule has 1 saturated carbocycles. The van der Waals surface area contributed by atoms with E-state index in [9.17, 15) is 23.4 Å². The molecule has 0 bridgehead atoms. The standard InChI is InChI=1S/C29H32ClFN2O5S/c1-32-27(18-6-4-3-5-7-18)17-33(20-9-11-21(38-2)12-10-20)26-16-24(30)22(15-28(26)39(32,36)37)19-8-13-25(31)23(14-19)29(34)35/h8-16,18,27,36-37H,3-7,17H2,1-2H3,(H,34,35). The van der Waals surface area contributed by atoms with Crippen LogP contribution in [0.4, 0.5) is 15.8 Å². The van der Waals surface area contributed by atoms with Crippen molar-refractivity contribution in [2.75, 3.05) is 25.6 Å². The average molecular weight is 575 g/mol. The number of likely N-dealkylation sites (N-methyl/N-ethyl adjacent to an activating group) is 1. The topological polar surface area (TPSA) is 93.5 Å². The van der Waals surface area contributed by atoms with Crippen LogP contribution >= 0.6 is 22.4 Å². The van der Waals surface area contributed by atoms with Gasteiger partial charge in [-0.3, -0.25) is 9.11 Å². The molecule has 3 N–H and O–H groups in total. The van der Waals surface area contributed by atoms with Crippen molar-refractivity contribution in [3.05, 3.63) is 71.0 Å². The molecule has 3 aromatic carbocycles. The fourth-order valence-corrected chi connectivity index (χ4v) is 7.69. The van der Waals surface area contributed by atoms with Gasteiger partial charge in [0.1, 0.15) is 11.6 Å². The number of carbonyl (C=O) groups is 1. The van der Waals surface area contributed by atoms with Gasteiger partial charge in [-0.1, -0.05) is 36.9 Å². The van der Waals surface area contributed by atoms with E-state index in [2.05, 4.69) is 4.90 Å². The predicted molar refractivity (Wildman–Crippen MR) is 153 cm³/mol. The summed E-state index contributed by atoms with van der Waals surface area (Å²) in [5.41, 5.74) is 1.67. The molecular weight excluding hydrogens is 543 g/mol. The second-order valence-electron chi connectivity index (χ2n) is 10.1. The largest absolute Gasteiger partial charge is 0.497 e. The molecule has 7 nitrogen and oxygen atoms in total. The summed E-state index contributed by atoms with van der Waals surface area (Å²) < 4.78 is 44.8. The van der Waals surface area contributed by atoms with E-state index in [1.807, 2.05) is 24.3 Å². The summed E-state index contributed by atoms with van der Waals surface area (Å²) in [6.07, 6.45) is 5.42. The number of hydrogen-bond acceptors (Lipinski definition) is 6. The molecule has 39 heavy (non-hydrogen) atoms. The molecule has 1 fully saturated rings. The van der Waals surface area contributed by atoms with Gasteiger partial charge in [-0.15, -0.1) is 10.8 Å². The molecule has 1 heterocycles. The molecule has 0 radical (unpaired) electrons. The molecule has 3 aromatic rings. The van der Waals surface area contributed by atoms with Gasteiger partial charge in [0.25, 0.3) is 0 Å². The minimum absolute atomic E-state index is 0.142. The number of aromatic carboxylic acids is 1. The zero-order valence-electron chi connectivity index (χ0n) is 21.8. The maximum absolute atomic E-state index is 14.1. The van der Waals surface area contributed by atoms with Crippen LogP contribution in [0, 0.1) is 11.7 Å². The lowest BCUT2D eigenvalue weighted by Gasteiger charge is -2.46. The summed E-state index contributed by atoms with van der Waals surface area (Å²) in [7, 11) is -0.116. The van der Waals surface area contributed by atoms with Gasteiger partial charge in [0.15, 0.2) is 0 Å². The highest BCUT2D eigenvalue weighted by Gasteiger charge is 2.41. The van der Waals surface area contributed by atoms with Gasteiger partial charge < -0.3 is 14.7 Å². The molecule has 1 unspecified atom stereocenters. The first-order valence-electron chi connectivity index (χ1n) is 12.9. The lowest BCUT2D eigenvalue weighted by molar-refractivity contribution is 0.0692. The average Bonchev–Trinajstić information content (AvgIpc) is 3.01. The predicted octanol–water partition coefficient (Wildman–Crippen LogP) is 7.91. The van der Waals surface area contributed by atoms with Crippen LogP contribution in [0.25, 0.3) is 11.1 Å². The van der Waals surface area contributed by atoms with Crippen molar-refractivity contribution in [2.45, 2.75) is 43.0 Å². The normalized spacial score (nSPS) is 20.7. The van der Waals surface area contributed by atoms with Gasteiger partial charge in [0.05, 0.1) is 28.3 Å². The lowest BCUT2D eigenvalue weighted by atomic mass is 9.83.